The topological polar surface area (TPSA) is 76.5 Å². The van der Waals surface area contributed by atoms with Gasteiger partial charge in [-0.3, -0.25) is 15.0 Å². The molecule has 0 aliphatic rings. The van der Waals surface area contributed by atoms with E-state index in [4.69, 9.17) is 0 Å². The summed E-state index contributed by atoms with van der Waals surface area (Å²) >= 11 is 0. The normalized spacial score (nSPS) is 13.2. The van der Waals surface area contributed by atoms with Crippen LogP contribution in [0, 0.1) is 0 Å². The highest BCUT2D eigenvalue weighted by molar-refractivity contribution is 5.84. The molecule has 0 aliphatic heterocycles. The lowest BCUT2D eigenvalue weighted by molar-refractivity contribution is 0.483. The van der Waals surface area contributed by atoms with Gasteiger partial charge in [-0.15, -0.1) is 0 Å². The van der Waals surface area contributed by atoms with Crippen LogP contribution in [0.5, 0.6) is 0 Å². The van der Waals surface area contributed by atoms with Gasteiger partial charge in [-0.25, -0.2) is 9.97 Å². The summed E-state index contributed by atoms with van der Waals surface area (Å²) in [5, 5.41) is 4.63. The molecule has 4 heterocycles. The molecule has 0 bridgehead atoms. The molecule has 158 valence electrons. The smallest absolute Gasteiger partial charge is 0.129 e. The SMILES string of the molecule is CC[C@](C)(CNc1cc(-c2ccc3ncccc3c2)ncn1)c1ccnc2cccnc12. The molecule has 5 aromatic rings. The number of aromatic nitrogens is 5. The summed E-state index contributed by atoms with van der Waals surface area (Å²) in [4.78, 5) is 22.4. The second-order valence-corrected chi connectivity index (χ2v) is 8.20. The number of nitrogens with one attached hydrogen (secondary N) is 1. The molecule has 4 aromatic heterocycles. The fraction of sp³-hybridized carbons (Fsp3) is 0.192. The van der Waals surface area contributed by atoms with Crippen LogP contribution in [0.4, 0.5) is 5.82 Å². The fourth-order valence-electron chi connectivity index (χ4n) is 4.01. The summed E-state index contributed by atoms with van der Waals surface area (Å²) < 4.78 is 0. The van der Waals surface area contributed by atoms with E-state index in [0.717, 1.165) is 52.0 Å². The molecule has 0 spiro atoms. The zero-order valence-corrected chi connectivity index (χ0v) is 18.2. The van der Waals surface area contributed by atoms with Crippen LogP contribution in [0.3, 0.4) is 0 Å². The van der Waals surface area contributed by atoms with E-state index in [2.05, 4.69) is 62.3 Å². The highest BCUT2D eigenvalue weighted by atomic mass is 15.0. The van der Waals surface area contributed by atoms with E-state index < -0.39 is 0 Å². The molecule has 1 N–H and O–H groups in total. The minimum Gasteiger partial charge on any atom is -0.369 e. The van der Waals surface area contributed by atoms with Crippen LogP contribution >= 0.6 is 0 Å². The van der Waals surface area contributed by atoms with Gasteiger partial charge in [0.05, 0.1) is 22.2 Å². The van der Waals surface area contributed by atoms with Crippen molar-refractivity contribution in [1.29, 1.82) is 0 Å². The van der Waals surface area contributed by atoms with Gasteiger partial charge in [-0.1, -0.05) is 26.0 Å². The molecule has 0 radical (unpaired) electrons. The third-order valence-electron chi connectivity index (χ3n) is 6.15. The summed E-state index contributed by atoms with van der Waals surface area (Å²) in [6.45, 7) is 5.17. The van der Waals surface area contributed by atoms with Crippen molar-refractivity contribution in [2.75, 3.05) is 11.9 Å². The van der Waals surface area contributed by atoms with Crippen molar-refractivity contribution in [3.05, 3.63) is 85.1 Å². The van der Waals surface area contributed by atoms with Crippen LogP contribution in [0.1, 0.15) is 25.8 Å². The summed E-state index contributed by atoms with van der Waals surface area (Å²) in [7, 11) is 0. The number of benzene rings is 1. The van der Waals surface area contributed by atoms with Crippen molar-refractivity contribution in [3.8, 4) is 11.3 Å². The zero-order valence-electron chi connectivity index (χ0n) is 18.2. The standard InChI is InChI=1S/C26H24N6/c1-3-26(2,20-10-13-28-22-7-5-12-29-25(20)22)16-30-24-15-23(31-17-32-24)19-8-9-21-18(14-19)6-4-11-27-21/h4-15,17H,3,16H2,1-2H3,(H,30,31,32)/t26-/m1/s1. The van der Waals surface area contributed by atoms with Crippen molar-refractivity contribution < 1.29 is 0 Å². The number of nitrogens with zero attached hydrogens (tertiary/aromatic N) is 5. The molecule has 0 saturated heterocycles. The number of rotatable bonds is 6. The molecule has 1 atom stereocenters. The van der Waals surface area contributed by atoms with Gasteiger partial charge in [0.15, 0.2) is 0 Å². The molecule has 0 aliphatic carbocycles. The molecule has 6 nitrogen and oxygen atoms in total. The Morgan fingerprint density at radius 3 is 2.56 bits per heavy atom. The number of hydrogen-bond donors (Lipinski definition) is 1. The number of anilines is 1. The third-order valence-corrected chi connectivity index (χ3v) is 6.15. The second-order valence-electron chi connectivity index (χ2n) is 8.20. The van der Waals surface area contributed by atoms with Crippen LogP contribution in [0.15, 0.2) is 79.5 Å². The molecule has 5 rings (SSSR count). The molecule has 1 aromatic carbocycles. The lowest BCUT2D eigenvalue weighted by Crippen LogP contribution is -2.31. The van der Waals surface area contributed by atoms with Gasteiger partial charge in [-0.2, -0.15) is 0 Å². The maximum Gasteiger partial charge on any atom is 0.129 e. The molecular formula is C26H24N6. The van der Waals surface area contributed by atoms with Crippen molar-refractivity contribution in [1.82, 2.24) is 24.9 Å². The number of hydrogen-bond acceptors (Lipinski definition) is 6. The van der Waals surface area contributed by atoms with Gasteiger partial charge in [0, 0.05) is 47.6 Å². The Kier molecular flexibility index (Phi) is 5.19. The largest absolute Gasteiger partial charge is 0.369 e. The van der Waals surface area contributed by atoms with Crippen LogP contribution < -0.4 is 5.32 Å². The van der Waals surface area contributed by atoms with Crippen molar-refractivity contribution >= 4 is 27.8 Å². The zero-order chi connectivity index (χ0) is 22.0. The quantitative estimate of drug-likeness (QED) is 0.395. The molecule has 0 unspecified atom stereocenters. The third kappa shape index (κ3) is 3.75. The van der Waals surface area contributed by atoms with E-state index in [9.17, 15) is 0 Å². The minimum absolute atomic E-state index is 0.130. The van der Waals surface area contributed by atoms with Gasteiger partial charge in [0.2, 0.25) is 0 Å². The Morgan fingerprint density at radius 1 is 0.812 bits per heavy atom. The Balaban J connectivity index is 1.42. The van der Waals surface area contributed by atoms with E-state index in [1.165, 1.54) is 5.56 Å². The van der Waals surface area contributed by atoms with E-state index in [1.807, 2.05) is 48.8 Å². The molecule has 0 saturated carbocycles. The molecular weight excluding hydrogens is 396 g/mol. The molecule has 0 fully saturated rings. The first-order valence-corrected chi connectivity index (χ1v) is 10.8. The number of pyridine rings is 3. The highest BCUT2D eigenvalue weighted by Crippen LogP contribution is 2.32. The minimum atomic E-state index is -0.130. The Hall–Kier alpha value is -3.93. The first-order valence-electron chi connectivity index (χ1n) is 10.8. The van der Waals surface area contributed by atoms with Crippen LogP contribution in [0.2, 0.25) is 0 Å². The Bertz CT molecular complexity index is 1390. The lowest BCUT2D eigenvalue weighted by atomic mass is 9.79. The summed E-state index contributed by atoms with van der Waals surface area (Å²) in [6, 6.07) is 18.2. The van der Waals surface area contributed by atoms with E-state index in [0.29, 0.717) is 0 Å². The highest BCUT2D eigenvalue weighted by Gasteiger charge is 2.27. The van der Waals surface area contributed by atoms with Crippen molar-refractivity contribution in [2.45, 2.75) is 25.7 Å². The molecule has 0 amide bonds. The predicted molar refractivity (Wildman–Crippen MR) is 128 cm³/mol. The van der Waals surface area contributed by atoms with E-state index in [-0.39, 0.29) is 5.41 Å². The predicted octanol–water partition coefficient (Wildman–Crippen LogP) is 5.41. The van der Waals surface area contributed by atoms with Crippen molar-refractivity contribution in [3.63, 3.8) is 0 Å². The average molecular weight is 421 g/mol. The second kappa shape index (κ2) is 8.30. The first-order chi connectivity index (χ1) is 15.7. The van der Waals surface area contributed by atoms with Gasteiger partial charge in [0.25, 0.3) is 0 Å². The molecule has 32 heavy (non-hydrogen) atoms. The Morgan fingerprint density at radius 2 is 1.66 bits per heavy atom. The van der Waals surface area contributed by atoms with Crippen molar-refractivity contribution in [2.24, 2.45) is 0 Å². The maximum atomic E-state index is 4.61. The van der Waals surface area contributed by atoms with Crippen LogP contribution in [-0.2, 0) is 5.41 Å². The molecule has 6 heteroatoms. The van der Waals surface area contributed by atoms with Crippen LogP contribution in [0.25, 0.3) is 33.2 Å². The van der Waals surface area contributed by atoms with Gasteiger partial charge in [0.1, 0.15) is 12.1 Å². The van der Waals surface area contributed by atoms with Gasteiger partial charge in [-0.05, 0) is 48.4 Å². The van der Waals surface area contributed by atoms with E-state index in [1.54, 1.807) is 12.5 Å². The van der Waals surface area contributed by atoms with Gasteiger partial charge >= 0.3 is 0 Å². The fourth-order valence-corrected chi connectivity index (χ4v) is 4.01. The number of fused-ring (bicyclic) bond motifs is 2. The maximum absolute atomic E-state index is 4.61. The average Bonchev–Trinajstić information content (AvgIpc) is 2.87. The summed E-state index contributed by atoms with van der Waals surface area (Å²) in [5.41, 5.74) is 5.82. The lowest BCUT2D eigenvalue weighted by Gasteiger charge is -2.30. The summed E-state index contributed by atoms with van der Waals surface area (Å²) in [6.07, 6.45) is 8.06. The monoisotopic (exact) mass is 420 g/mol. The van der Waals surface area contributed by atoms with Gasteiger partial charge < -0.3 is 5.32 Å². The Labute approximate surface area is 186 Å². The van der Waals surface area contributed by atoms with E-state index >= 15 is 0 Å². The first kappa shape index (κ1) is 20.0. The summed E-state index contributed by atoms with van der Waals surface area (Å²) in [5.74, 6) is 0.798. The van der Waals surface area contributed by atoms with Crippen LogP contribution in [-0.4, -0.2) is 31.5 Å².